The number of nitrogens with zero attached hydrogens (tertiary/aromatic N) is 1. The fourth-order valence-electron chi connectivity index (χ4n) is 1.36. The van der Waals surface area contributed by atoms with Crippen LogP contribution in [-0.2, 0) is 0 Å². The van der Waals surface area contributed by atoms with E-state index >= 15 is 0 Å². The molecule has 2 heteroatoms. The number of aliphatic hydroxyl groups excluding tert-OH is 1. The molecule has 0 spiro atoms. The van der Waals surface area contributed by atoms with Crippen LogP contribution in [0.3, 0.4) is 0 Å². The molecular weight excluding hydrogens is 174 g/mol. The van der Waals surface area contributed by atoms with E-state index < -0.39 is 0 Å². The third-order valence-corrected chi connectivity index (χ3v) is 2.77. The van der Waals surface area contributed by atoms with E-state index in [0.29, 0.717) is 5.92 Å². The minimum atomic E-state index is 0.223. The highest BCUT2D eigenvalue weighted by Crippen LogP contribution is 2.23. The van der Waals surface area contributed by atoms with Gasteiger partial charge in [0.15, 0.2) is 0 Å². The van der Waals surface area contributed by atoms with E-state index in [1.165, 1.54) is 0 Å². The molecule has 0 aromatic carbocycles. The number of rotatable bonds is 3. The smallest absolute Gasteiger partial charge is 0.0614 e. The van der Waals surface area contributed by atoms with Gasteiger partial charge < -0.3 is 5.11 Å². The lowest BCUT2D eigenvalue weighted by Crippen LogP contribution is -2.11. The minimum Gasteiger partial charge on any atom is -0.396 e. The summed E-state index contributed by atoms with van der Waals surface area (Å²) in [6.45, 7) is 8.35. The summed E-state index contributed by atoms with van der Waals surface area (Å²) in [5.41, 5.74) is 2.12. The zero-order valence-corrected chi connectivity index (χ0v) is 9.03. The van der Waals surface area contributed by atoms with E-state index in [-0.39, 0.29) is 12.5 Å². The summed E-state index contributed by atoms with van der Waals surface area (Å²) in [5.74, 6) is 0.634. The first kappa shape index (κ1) is 11.2. The van der Waals surface area contributed by atoms with Crippen molar-refractivity contribution < 1.29 is 5.11 Å². The van der Waals surface area contributed by atoms with Crippen molar-refractivity contribution in [3.63, 3.8) is 0 Å². The van der Waals surface area contributed by atoms with E-state index in [9.17, 15) is 0 Å². The summed E-state index contributed by atoms with van der Waals surface area (Å²) >= 11 is 0. The van der Waals surface area contributed by atoms with Crippen molar-refractivity contribution >= 4 is 6.21 Å². The van der Waals surface area contributed by atoms with Crippen LogP contribution >= 0.6 is 0 Å². The van der Waals surface area contributed by atoms with Gasteiger partial charge in [0.05, 0.1) is 5.70 Å². The van der Waals surface area contributed by atoms with Gasteiger partial charge in [0.1, 0.15) is 0 Å². The van der Waals surface area contributed by atoms with Crippen LogP contribution in [0, 0.1) is 11.8 Å². The van der Waals surface area contributed by atoms with Crippen LogP contribution in [-0.4, -0.2) is 17.9 Å². The van der Waals surface area contributed by atoms with Crippen LogP contribution < -0.4 is 0 Å². The molecule has 2 nitrogen and oxygen atoms in total. The first-order valence-electron chi connectivity index (χ1n) is 5.18. The molecule has 0 bridgehead atoms. The van der Waals surface area contributed by atoms with Gasteiger partial charge in [-0.15, -0.1) is 0 Å². The monoisotopic (exact) mass is 193 g/mol. The second-order valence-corrected chi connectivity index (χ2v) is 4.02. The lowest BCUT2D eigenvalue weighted by atomic mass is 9.93. The molecule has 14 heavy (non-hydrogen) atoms. The Morgan fingerprint density at radius 2 is 2.36 bits per heavy atom. The van der Waals surface area contributed by atoms with Crippen LogP contribution in [0.25, 0.3) is 0 Å². The molecule has 0 aliphatic carbocycles. The molecule has 0 fully saturated rings. The third-order valence-electron chi connectivity index (χ3n) is 2.77. The third kappa shape index (κ3) is 2.81. The number of allylic oxidation sites excluding steroid dienone is 2. The minimum absolute atomic E-state index is 0.223. The number of hydrogen-bond acceptors (Lipinski definition) is 2. The van der Waals surface area contributed by atoms with Gasteiger partial charge in [-0.2, -0.15) is 0 Å². The van der Waals surface area contributed by atoms with E-state index in [2.05, 4.69) is 24.6 Å². The Hall–Kier alpha value is -0.890. The van der Waals surface area contributed by atoms with Crippen LogP contribution in [0.2, 0.25) is 0 Å². The summed E-state index contributed by atoms with van der Waals surface area (Å²) in [6.07, 6.45) is 6.06. The fourth-order valence-corrected chi connectivity index (χ4v) is 1.36. The Kier molecular flexibility index (Phi) is 4.08. The maximum absolute atomic E-state index is 9.01. The van der Waals surface area contributed by atoms with Gasteiger partial charge in [0, 0.05) is 12.8 Å². The molecule has 0 saturated carbocycles. The molecule has 1 rings (SSSR count). The largest absolute Gasteiger partial charge is 0.396 e. The predicted molar refractivity (Wildman–Crippen MR) is 60.4 cm³/mol. The van der Waals surface area contributed by atoms with Crippen LogP contribution in [0.4, 0.5) is 0 Å². The molecule has 1 N–H and O–H groups in total. The van der Waals surface area contributed by atoms with Gasteiger partial charge in [-0.1, -0.05) is 26.5 Å². The van der Waals surface area contributed by atoms with E-state index in [0.717, 1.165) is 24.1 Å². The van der Waals surface area contributed by atoms with Crippen molar-refractivity contribution in [2.75, 3.05) is 6.61 Å². The van der Waals surface area contributed by atoms with E-state index in [4.69, 9.17) is 5.11 Å². The summed E-state index contributed by atoms with van der Waals surface area (Å²) < 4.78 is 0. The predicted octanol–water partition coefficient (Wildman–Crippen LogP) is 2.56. The zero-order valence-electron chi connectivity index (χ0n) is 9.03. The van der Waals surface area contributed by atoms with E-state index in [1.807, 2.05) is 13.1 Å². The first-order chi connectivity index (χ1) is 6.65. The average Bonchev–Trinajstić information content (AvgIpc) is 2.20. The van der Waals surface area contributed by atoms with Gasteiger partial charge in [-0.3, -0.25) is 4.99 Å². The lowest BCUT2D eigenvalue weighted by Gasteiger charge is -2.16. The Morgan fingerprint density at radius 1 is 1.64 bits per heavy atom. The molecule has 1 aliphatic rings. The molecule has 0 aromatic heterocycles. The summed E-state index contributed by atoms with van der Waals surface area (Å²) in [6, 6.07) is 0. The summed E-state index contributed by atoms with van der Waals surface area (Å²) in [4.78, 5) is 4.32. The van der Waals surface area contributed by atoms with E-state index in [1.54, 1.807) is 0 Å². The highest BCUT2D eigenvalue weighted by molar-refractivity contribution is 5.63. The SMILES string of the molecule is C=C1CCC=N/C1=C/C(C)C(C)CO. The molecule has 2 atom stereocenters. The van der Waals surface area contributed by atoms with Gasteiger partial charge in [0.2, 0.25) is 0 Å². The zero-order chi connectivity index (χ0) is 10.6. The highest BCUT2D eigenvalue weighted by atomic mass is 16.3. The normalized spacial score (nSPS) is 23.9. The van der Waals surface area contributed by atoms with Crippen molar-refractivity contribution in [3.05, 3.63) is 23.9 Å². The second-order valence-electron chi connectivity index (χ2n) is 4.02. The molecule has 0 aromatic rings. The maximum atomic E-state index is 9.01. The van der Waals surface area contributed by atoms with Gasteiger partial charge in [-0.05, 0) is 30.3 Å². The molecule has 1 aliphatic heterocycles. The molecule has 0 saturated heterocycles. The standard InChI is InChI=1S/C12H19NO/c1-9-5-4-6-13-12(9)7-10(2)11(3)8-14/h6-7,10-11,14H,1,4-5,8H2,2-3H3/b12-7+. The second kappa shape index (κ2) is 5.11. The molecule has 78 valence electrons. The topological polar surface area (TPSA) is 32.6 Å². The van der Waals surface area contributed by atoms with Crippen molar-refractivity contribution in [2.24, 2.45) is 16.8 Å². The van der Waals surface area contributed by atoms with Crippen molar-refractivity contribution in [2.45, 2.75) is 26.7 Å². The Morgan fingerprint density at radius 3 is 2.93 bits per heavy atom. The highest BCUT2D eigenvalue weighted by Gasteiger charge is 2.12. The Bertz CT molecular complexity index is 265. The van der Waals surface area contributed by atoms with Gasteiger partial charge >= 0.3 is 0 Å². The lowest BCUT2D eigenvalue weighted by molar-refractivity contribution is 0.212. The Labute approximate surface area is 86.1 Å². The van der Waals surface area contributed by atoms with Gasteiger partial charge in [0.25, 0.3) is 0 Å². The average molecular weight is 193 g/mol. The summed E-state index contributed by atoms with van der Waals surface area (Å²) in [7, 11) is 0. The fraction of sp³-hybridized carbons (Fsp3) is 0.583. The van der Waals surface area contributed by atoms with Crippen LogP contribution in [0.1, 0.15) is 26.7 Å². The molecule has 0 radical (unpaired) electrons. The van der Waals surface area contributed by atoms with Gasteiger partial charge in [-0.25, -0.2) is 0 Å². The number of aliphatic imine (C=N–C) groups is 1. The van der Waals surface area contributed by atoms with Crippen molar-refractivity contribution in [1.29, 1.82) is 0 Å². The quantitative estimate of drug-likeness (QED) is 0.734. The van der Waals surface area contributed by atoms with Crippen molar-refractivity contribution in [1.82, 2.24) is 0 Å². The molecule has 2 unspecified atom stereocenters. The van der Waals surface area contributed by atoms with Crippen LogP contribution in [0.5, 0.6) is 0 Å². The first-order valence-corrected chi connectivity index (χ1v) is 5.18. The molecule has 1 heterocycles. The molecular formula is C12H19NO. The van der Waals surface area contributed by atoms with Crippen molar-refractivity contribution in [3.8, 4) is 0 Å². The Balaban J connectivity index is 2.70. The number of aliphatic hydroxyl groups is 1. The summed E-state index contributed by atoms with van der Waals surface area (Å²) in [5, 5.41) is 9.01. The maximum Gasteiger partial charge on any atom is 0.0614 e. The molecule has 0 amide bonds. The van der Waals surface area contributed by atoms with Crippen LogP contribution in [0.15, 0.2) is 28.9 Å². The number of hydrogen-bond donors (Lipinski definition) is 1.